The molecular formula is C9H19N. The Hall–Kier alpha value is -0.480. The normalized spacial score (nSPS) is 16.1. The molecule has 0 amide bonds. The quantitative estimate of drug-likeness (QED) is 0.466. The van der Waals surface area contributed by atoms with E-state index in [9.17, 15) is 0 Å². The molecule has 1 rings (SSSR count). The molecule has 0 bridgehead atoms. The molecule has 0 aromatic carbocycles. The molecule has 0 atom stereocenters. The van der Waals surface area contributed by atoms with Crippen LogP contribution in [0.4, 0.5) is 0 Å². The van der Waals surface area contributed by atoms with Crippen molar-refractivity contribution in [3.63, 3.8) is 0 Å². The van der Waals surface area contributed by atoms with E-state index in [4.69, 9.17) is 0 Å². The molecule has 0 unspecified atom stereocenters. The van der Waals surface area contributed by atoms with E-state index in [1.807, 2.05) is 13.8 Å². The second-order valence-electron chi connectivity index (χ2n) is 2.01. The van der Waals surface area contributed by atoms with Crippen molar-refractivity contribution in [2.45, 2.75) is 26.7 Å². The summed E-state index contributed by atoms with van der Waals surface area (Å²) in [5.41, 5.74) is 0. The smallest absolute Gasteiger partial charge is 0.00213 e. The van der Waals surface area contributed by atoms with E-state index in [1.165, 1.54) is 25.9 Å². The summed E-state index contributed by atoms with van der Waals surface area (Å²) in [6.45, 7) is 6.64. The highest BCUT2D eigenvalue weighted by atomic mass is 15.1. The van der Waals surface area contributed by atoms with Gasteiger partial charge in [-0.3, -0.25) is 0 Å². The van der Waals surface area contributed by atoms with E-state index in [2.05, 4.69) is 24.8 Å². The molecule has 0 aliphatic carbocycles. The first kappa shape index (κ1) is 12.2. The Morgan fingerprint density at radius 3 is 1.40 bits per heavy atom. The van der Waals surface area contributed by atoms with E-state index in [0.29, 0.717) is 0 Å². The van der Waals surface area contributed by atoms with E-state index < -0.39 is 0 Å². The Balaban J connectivity index is 0. The standard InChI is InChI=1S/C5H11N.C2H6.C2H2/c1-6-4-2-3-5-6;2*1-2/h2-5H2,1H3;1-2H3;1-2H. The third-order valence-electron chi connectivity index (χ3n) is 1.33. The van der Waals surface area contributed by atoms with Crippen LogP contribution in [-0.4, -0.2) is 25.0 Å². The van der Waals surface area contributed by atoms with Gasteiger partial charge in [0.1, 0.15) is 0 Å². The van der Waals surface area contributed by atoms with Gasteiger partial charge in [0.15, 0.2) is 0 Å². The summed E-state index contributed by atoms with van der Waals surface area (Å²) >= 11 is 0. The number of hydrogen-bond acceptors (Lipinski definition) is 1. The summed E-state index contributed by atoms with van der Waals surface area (Å²) in [5.74, 6) is 0. The minimum Gasteiger partial charge on any atom is -0.306 e. The lowest BCUT2D eigenvalue weighted by Crippen LogP contribution is -2.10. The van der Waals surface area contributed by atoms with Crippen LogP contribution in [0.3, 0.4) is 0 Å². The Morgan fingerprint density at radius 1 is 1.00 bits per heavy atom. The van der Waals surface area contributed by atoms with Crippen LogP contribution in [0.25, 0.3) is 0 Å². The van der Waals surface area contributed by atoms with Gasteiger partial charge in [0.2, 0.25) is 0 Å². The van der Waals surface area contributed by atoms with Gasteiger partial charge in [0.05, 0.1) is 0 Å². The van der Waals surface area contributed by atoms with Crippen molar-refractivity contribution < 1.29 is 0 Å². The van der Waals surface area contributed by atoms with Gasteiger partial charge in [-0.05, 0) is 33.0 Å². The molecule has 0 spiro atoms. The van der Waals surface area contributed by atoms with Crippen molar-refractivity contribution in [2.75, 3.05) is 20.1 Å². The van der Waals surface area contributed by atoms with Crippen molar-refractivity contribution in [3.05, 3.63) is 0 Å². The molecule has 0 aromatic heterocycles. The number of hydrogen-bond donors (Lipinski definition) is 0. The van der Waals surface area contributed by atoms with E-state index >= 15 is 0 Å². The second-order valence-corrected chi connectivity index (χ2v) is 2.01. The summed E-state index contributed by atoms with van der Waals surface area (Å²) in [6.07, 6.45) is 10.8. The number of likely N-dealkylation sites (tertiary alicyclic amines) is 1. The highest BCUT2D eigenvalue weighted by molar-refractivity contribution is 4.59. The van der Waals surface area contributed by atoms with Gasteiger partial charge in [-0.1, -0.05) is 13.8 Å². The Kier molecular flexibility index (Phi) is 13.9. The van der Waals surface area contributed by atoms with Gasteiger partial charge in [0.25, 0.3) is 0 Å². The summed E-state index contributed by atoms with van der Waals surface area (Å²) in [5, 5.41) is 0. The van der Waals surface area contributed by atoms with Crippen molar-refractivity contribution in [1.82, 2.24) is 4.90 Å². The average molecular weight is 141 g/mol. The van der Waals surface area contributed by atoms with Crippen LogP contribution >= 0.6 is 0 Å². The molecular weight excluding hydrogens is 122 g/mol. The van der Waals surface area contributed by atoms with Crippen molar-refractivity contribution in [2.24, 2.45) is 0 Å². The number of rotatable bonds is 0. The molecule has 0 N–H and O–H groups in total. The Labute approximate surface area is 65.4 Å². The fourth-order valence-electron chi connectivity index (χ4n) is 0.875. The third-order valence-corrected chi connectivity index (χ3v) is 1.33. The predicted molar refractivity (Wildman–Crippen MR) is 48.0 cm³/mol. The molecule has 0 aromatic rings. The lowest BCUT2D eigenvalue weighted by molar-refractivity contribution is 0.418. The van der Waals surface area contributed by atoms with Crippen LogP contribution < -0.4 is 0 Å². The highest BCUT2D eigenvalue weighted by Gasteiger charge is 2.03. The molecule has 10 heavy (non-hydrogen) atoms. The molecule has 0 radical (unpaired) electrons. The van der Waals surface area contributed by atoms with Crippen LogP contribution in [-0.2, 0) is 0 Å². The molecule has 1 aliphatic rings. The van der Waals surface area contributed by atoms with Gasteiger partial charge < -0.3 is 4.90 Å². The largest absolute Gasteiger partial charge is 0.306 e. The maximum absolute atomic E-state index is 4.00. The van der Waals surface area contributed by atoms with Gasteiger partial charge in [0, 0.05) is 0 Å². The Morgan fingerprint density at radius 2 is 1.30 bits per heavy atom. The molecule has 1 saturated heterocycles. The second kappa shape index (κ2) is 11.3. The highest BCUT2D eigenvalue weighted by Crippen LogP contribution is 2.01. The fourth-order valence-corrected chi connectivity index (χ4v) is 0.875. The monoisotopic (exact) mass is 141 g/mol. The van der Waals surface area contributed by atoms with Crippen LogP contribution in [0.1, 0.15) is 26.7 Å². The minimum atomic E-state index is 1.32. The molecule has 1 fully saturated rings. The first-order valence-corrected chi connectivity index (χ1v) is 3.91. The first-order chi connectivity index (χ1) is 4.89. The minimum absolute atomic E-state index is 1.32. The third kappa shape index (κ3) is 7.52. The van der Waals surface area contributed by atoms with Crippen molar-refractivity contribution >= 4 is 0 Å². The van der Waals surface area contributed by atoms with Gasteiger partial charge in [-0.25, -0.2) is 0 Å². The van der Waals surface area contributed by atoms with Crippen molar-refractivity contribution in [1.29, 1.82) is 0 Å². The summed E-state index contributed by atoms with van der Waals surface area (Å²) in [6, 6.07) is 0. The van der Waals surface area contributed by atoms with Gasteiger partial charge in [-0.15, -0.1) is 12.8 Å². The van der Waals surface area contributed by atoms with Crippen LogP contribution in [0.5, 0.6) is 0 Å². The average Bonchev–Trinajstić information content (AvgIpc) is 2.48. The number of terminal acetylenes is 1. The lowest BCUT2D eigenvalue weighted by Gasteiger charge is -2.01. The van der Waals surface area contributed by atoms with Crippen LogP contribution in [0, 0.1) is 12.8 Å². The zero-order valence-electron chi connectivity index (χ0n) is 7.43. The maximum atomic E-state index is 4.00. The summed E-state index contributed by atoms with van der Waals surface area (Å²) in [7, 11) is 2.17. The zero-order chi connectivity index (χ0) is 8.41. The topological polar surface area (TPSA) is 3.24 Å². The van der Waals surface area contributed by atoms with E-state index in [-0.39, 0.29) is 0 Å². The van der Waals surface area contributed by atoms with Crippen LogP contribution in [0.2, 0.25) is 0 Å². The summed E-state index contributed by atoms with van der Waals surface area (Å²) < 4.78 is 0. The van der Waals surface area contributed by atoms with E-state index in [0.717, 1.165) is 0 Å². The molecule has 1 nitrogen and oxygen atoms in total. The fraction of sp³-hybridized carbons (Fsp3) is 0.778. The first-order valence-electron chi connectivity index (χ1n) is 3.91. The SMILES string of the molecule is C#C.CC.CN1CCCC1. The molecule has 1 heteroatoms. The zero-order valence-corrected chi connectivity index (χ0v) is 7.43. The van der Waals surface area contributed by atoms with Gasteiger partial charge in [-0.2, -0.15) is 0 Å². The molecule has 1 heterocycles. The molecule has 0 saturated carbocycles. The predicted octanol–water partition coefficient (Wildman–Crippen LogP) is 1.99. The van der Waals surface area contributed by atoms with Gasteiger partial charge >= 0.3 is 0 Å². The summed E-state index contributed by atoms with van der Waals surface area (Å²) in [4.78, 5) is 2.36. The Bertz CT molecular complexity index is 60.4. The van der Waals surface area contributed by atoms with E-state index in [1.54, 1.807) is 0 Å². The lowest BCUT2D eigenvalue weighted by atomic mass is 10.4. The molecule has 60 valence electrons. The number of nitrogens with zero attached hydrogens (tertiary/aromatic N) is 1. The van der Waals surface area contributed by atoms with Crippen LogP contribution in [0.15, 0.2) is 0 Å². The van der Waals surface area contributed by atoms with Crippen molar-refractivity contribution in [3.8, 4) is 12.8 Å². The maximum Gasteiger partial charge on any atom is -0.00213 e. The molecule has 1 aliphatic heterocycles.